The first-order chi connectivity index (χ1) is 10.9. The zero-order valence-electron chi connectivity index (χ0n) is 12.5. The second-order valence-electron chi connectivity index (χ2n) is 4.77. The molecule has 2 aromatic carbocycles. The molecular formula is C16H16ClNO3S2. The molecule has 0 heterocycles. The maximum absolute atomic E-state index is 12.2. The average molecular weight is 370 g/mol. The van der Waals surface area contributed by atoms with E-state index in [0.29, 0.717) is 10.7 Å². The van der Waals surface area contributed by atoms with Crippen molar-refractivity contribution >= 4 is 44.8 Å². The van der Waals surface area contributed by atoms with E-state index in [1.807, 2.05) is 24.5 Å². The van der Waals surface area contributed by atoms with Gasteiger partial charge in [0.1, 0.15) is 0 Å². The third kappa shape index (κ3) is 4.99. The molecule has 0 saturated heterocycles. The summed E-state index contributed by atoms with van der Waals surface area (Å²) >= 11 is 7.26. The third-order valence-corrected chi connectivity index (χ3v) is 5.93. The molecule has 0 aromatic heterocycles. The number of nitrogens with one attached hydrogen (secondary N) is 1. The number of thioether (sulfide) groups is 1. The molecule has 0 atom stereocenters. The Morgan fingerprint density at radius 1 is 1.13 bits per heavy atom. The maximum atomic E-state index is 12.2. The quantitative estimate of drug-likeness (QED) is 0.785. The Balaban J connectivity index is 2.00. The van der Waals surface area contributed by atoms with Crippen molar-refractivity contribution in [2.24, 2.45) is 0 Å². The third-order valence-electron chi connectivity index (χ3n) is 3.15. The lowest BCUT2D eigenvalue weighted by Gasteiger charge is -2.09. The number of carbonyl (C=O) groups excluding carboxylic acids is 1. The van der Waals surface area contributed by atoms with Crippen molar-refractivity contribution in [3.63, 3.8) is 0 Å². The van der Waals surface area contributed by atoms with Gasteiger partial charge >= 0.3 is 0 Å². The van der Waals surface area contributed by atoms with Gasteiger partial charge in [-0.05, 0) is 42.7 Å². The number of benzene rings is 2. The highest BCUT2D eigenvalue weighted by Crippen LogP contribution is 2.24. The molecule has 0 unspecified atom stereocenters. The Kier molecular flexibility index (Phi) is 6.10. The largest absolute Gasteiger partial charge is 0.325 e. The molecule has 23 heavy (non-hydrogen) atoms. The number of carbonyl (C=O) groups is 1. The van der Waals surface area contributed by atoms with Crippen LogP contribution < -0.4 is 5.32 Å². The molecule has 2 aromatic rings. The van der Waals surface area contributed by atoms with E-state index in [4.69, 9.17) is 11.6 Å². The highest BCUT2D eigenvalue weighted by molar-refractivity contribution is 7.98. The van der Waals surface area contributed by atoms with E-state index >= 15 is 0 Å². The number of hydrogen-bond acceptors (Lipinski definition) is 4. The zero-order valence-corrected chi connectivity index (χ0v) is 14.8. The molecule has 1 amide bonds. The van der Waals surface area contributed by atoms with Crippen molar-refractivity contribution in [2.75, 3.05) is 17.3 Å². The normalized spacial score (nSPS) is 11.2. The van der Waals surface area contributed by atoms with Crippen LogP contribution in [0.3, 0.4) is 0 Å². The van der Waals surface area contributed by atoms with E-state index in [1.165, 1.54) is 36.0 Å². The fourth-order valence-corrected chi connectivity index (χ4v) is 3.87. The fourth-order valence-electron chi connectivity index (χ4n) is 1.95. The number of rotatable bonds is 6. The topological polar surface area (TPSA) is 63.2 Å². The predicted molar refractivity (Wildman–Crippen MR) is 95.0 cm³/mol. The van der Waals surface area contributed by atoms with Gasteiger partial charge in [-0.1, -0.05) is 23.7 Å². The first-order valence-electron chi connectivity index (χ1n) is 6.83. The minimum absolute atomic E-state index is 0.103. The predicted octanol–water partition coefficient (Wildman–Crippen LogP) is 3.86. The van der Waals surface area contributed by atoms with Crippen LogP contribution in [-0.4, -0.2) is 26.3 Å². The van der Waals surface area contributed by atoms with Crippen LogP contribution in [0.25, 0.3) is 0 Å². The van der Waals surface area contributed by atoms with Gasteiger partial charge < -0.3 is 5.32 Å². The lowest BCUT2D eigenvalue weighted by molar-refractivity contribution is -0.115. The van der Waals surface area contributed by atoms with Crippen LogP contribution in [0.2, 0.25) is 5.02 Å². The van der Waals surface area contributed by atoms with Crippen LogP contribution in [0, 0.1) is 0 Å². The molecule has 0 fully saturated rings. The minimum atomic E-state index is -3.50. The first kappa shape index (κ1) is 17.8. The molecule has 0 aliphatic heterocycles. The molecule has 0 radical (unpaired) electrons. The van der Waals surface area contributed by atoms with Crippen LogP contribution in [0.15, 0.2) is 58.3 Å². The van der Waals surface area contributed by atoms with E-state index in [0.717, 1.165) is 4.90 Å². The molecular weight excluding hydrogens is 354 g/mol. The number of hydrogen-bond donors (Lipinski definition) is 1. The van der Waals surface area contributed by atoms with Gasteiger partial charge in [0.25, 0.3) is 0 Å². The number of sulfone groups is 1. The average Bonchev–Trinajstić information content (AvgIpc) is 2.54. The zero-order chi connectivity index (χ0) is 16.9. The van der Waals surface area contributed by atoms with Gasteiger partial charge in [0.2, 0.25) is 5.91 Å². The number of anilines is 1. The molecule has 0 aliphatic carbocycles. The Labute approximate surface area is 145 Å². The second-order valence-corrected chi connectivity index (χ2v) is 8.16. The van der Waals surface area contributed by atoms with Gasteiger partial charge in [-0.15, -0.1) is 11.8 Å². The monoisotopic (exact) mass is 369 g/mol. The summed E-state index contributed by atoms with van der Waals surface area (Å²) in [7, 11) is -3.50. The number of halogens is 1. The van der Waals surface area contributed by atoms with E-state index in [-0.39, 0.29) is 23.0 Å². The van der Waals surface area contributed by atoms with Crippen LogP contribution in [-0.2, 0) is 14.6 Å². The summed E-state index contributed by atoms with van der Waals surface area (Å²) in [5.41, 5.74) is 0.689. The maximum Gasteiger partial charge on any atom is 0.225 e. The molecule has 0 bridgehead atoms. The smallest absolute Gasteiger partial charge is 0.225 e. The van der Waals surface area contributed by atoms with E-state index in [2.05, 4.69) is 5.32 Å². The number of amides is 1. The summed E-state index contributed by atoms with van der Waals surface area (Å²) in [6.45, 7) is 0. The van der Waals surface area contributed by atoms with Crippen molar-refractivity contribution in [1.29, 1.82) is 0 Å². The summed E-state index contributed by atoms with van der Waals surface area (Å²) < 4.78 is 24.4. The molecule has 122 valence electrons. The molecule has 0 aliphatic rings. The van der Waals surface area contributed by atoms with Crippen molar-refractivity contribution < 1.29 is 13.2 Å². The van der Waals surface area contributed by atoms with Gasteiger partial charge in [-0.2, -0.15) is 0 Å². The second kappa shape index (κ2) is 7.86. The van der Waals surface area contributed by atoms with Crippen LogP contribution in [0.1, 0.15) is 6.42 Å². The Morgan fingerprint density at radius 3 is 2.43 bits per heavy atom. The Morgan fingerprint density at radius 2 is 1.78 bits per heavy atom. The molecule has 4 nitrogen and oxygen atoms in total. The summed E-state index contributed by atoms with van der Waals surface area (Å²) in [4.78, 5) is 13.1. The van der Waals surface area contributed by atoms with Crippen molar-refractivity contribution in [3.05, 3.63) is 53.6 Å². The fraction of sp³-hybridized carbons (Fsp3) is 0.188. The Bertz CT molecular complexity index is 789. The lowest BCUT2D eigenvalue weighted by Crippen LogP contribution is -2.17. The van der Waals surface area contributed by atoms with Crippen LogP contribution in [0.5, 0.6) is 0 Å². The van der Waals surface area contributed by atoms with Crippen molar-refractivity contribution in [3.8, 4) is 0 Å². The van der Waals surface area contributed by atoms with Crippen LogP contribution in [0.4, 0.5) is 5.69 Å². The highest BCUT2D eigenvalue weighted by atomic mass is 35.5. The molecule has 2 rings (SSSR count). The Hall–Kier alpha value is -1.50. The highest BCUT2D eigenvalue weighted by Gasteiger charge is 2.17. The molecule has 1 N–H and O–H groups in total. The van der Waals surface area contributed by atoms with E-state index < -0.39 is 9.84 Å². The minimum Gasteiger partial charge on any atom is -0.325 e. The molecule has 7 heteroatoms. The van der Waals surface area contributed by atoms with Gasteiger partial charge in [-0.25, -0.2) is 8.42 Å². The summed E-state index contributed by atoms with van der Waals surface area (Å²) in [5.74, 6) is -0.578. The van der Waals surface area contributed by atoms with Crippen molar-refractivity contribution in [2.45, 2.75) is 16.2 Å². The van der Waals surface area contributed by atoms with Crippen molar-refractivity contribution in [1.82, 2.24) is 0 Å². The number of para-hydroxylation sites is 1. The summed E-state index contributed by atoms with van der Waals surface area (Å²) in [6, 6.07) is 13.3. The lowest BCUT2D eigenvalue weighted by atomic mass is 10.3. The summed E-state index contributed by atoms with van der Waals surface area (Å²) in [6.07, 6.45) is 1.81. The van der Waals surface area contributed by atoms with Gasteiger partial charge in [-0.3, -0.25) is 4.79 Å². The standard InChI is InChI=1S/C16H16ClNO3S2/c1-22-15-5-3-2-4-14(15)18-16(19)10-11-23(20,21)13-8-6-12(17)7-9-13/h2-9H,10-11H2,1H3,(H,18,19). The van der Waals surface area contributed by atoms with Gasteiger partial charge in [0.05, 0.1) is 16.3 Å². The van der Waals surface area contributed by atoms with Gasteiger partial charge in [0, 0.05) is 16.3 Å². The van der Waals surface area contributed by atoms with E-state index in [9.17, 15) is 13.2 Å². The summed E-state index contributed by atoms with van der Waals surface area (Å²) in [5, 5.41) is 3.22. The molecule has 0 saturated carbocycles. The van der Waals surface area contributed by atoms with E-state index in [1.54, 1.807) is 6.07 Å². The first-order valence-corrected chi connectivity index (χ1v) is 10.1. The SMILES string of the molecule is CSc1ccccc1NC(=O)CCS(=O)(=O)c1ccc(Cl)cc1. The molecule has 0 spiro atoms. The van der Waals surface area contributed by atoms with Crippen LogP contribution >= 0.6 is 23.4 Å². The van der Waals surface area contributed by atoms with Gasteiger partial charge in [0.15, 0.2) is 9.84 Å².